The highest BCUT2D eigenvalue weighted by Gasteiger charge is 1.69. The van der Waals surface area contributed by atoms with E-state index in [0.29, 0.717) is 5.23 Å². The van der Waals surface area contributed by atoms with E-state index >= 15 is 0 Å². The number of rotatable bonds is 1. The molecule has 0 amide bonds. The summed E-state index contributed by atoms with van der Waals surface area (Å²) in [5.41, 5.74) is 1.92. The van der Waals surface area contributed by atoms with Crippen molar-refractivity contribution in [2.24, 2.45) is 17.5 Å². The Kier molecular flexibility index (Phi) is 1.98. The lowest BCUT2D eigenvalue weighted by atomic mass is 12.2. The summed E-state index contributed by atoms with van der Waals surface area (Å²) >= 11 is 0. The molecule has 5 heteroatoms. The van der Waals surface area contributed by atoms with Crippen molar-refractivity contribution in [3.8, 4) is 0 Å². The molecule has 0 rings (SSSR count). The van der Waals surface area contributed by atoms with Gasteiger partial charge in [-0.2, -0.15) is 5.53 Å². The number of hydrogen-bond donors (Lipinski definition) is 4. The van der Waals surface area contributed by atoms with Gasteiger partial charge in [0.1, 0.15) is 0 Å². The molecule has 0 saturated carbocycles. The van der Waals surface area contributed by atoms with Gasteiger partial charge in [0.15, 0.2) is 0 Å². The van der Waals surface area contributed by atoms with Crippen LogP contribution in [-0.4, -0.2) is 5.23 Å². The summed E-state index contributed by atoms with van der Waals surface area (Å²) in [7, 11) is 0. The van der Waals surface area contributed by atoms with Crippen LogP contribution in [0.2, 0.25) is 0 Å². The van der Waals surface area contributed by atoms with E-state index in [-0.39, 0.29) is 0 Å². The highest BCUT2D eigenvalue weighted by Crippen LogP contribution is 1.24. The average Bonchev–Trinajstić information content (AvgIpc) is 1.38. The first kappa shape index (κ1) is 4.80. The van der Waals surface area contributed by atoms with E-state index < -0.39 is 0 Å². The van der Waals surface area contributed by atoms with E-state index in [1.807, 2.05) is 5.53 Å². The van der Waals surface area contributed by atoms with Crippen molar-refractivity contribution in [2.45, 2.75) is 0 Å². The molecule has 7 N–H and O–H groups in total. The molecule has 0 unspecified atom stereocenters. The summed E-state index contributed by atoms with van der Waals surface area (Å²) in [6, 6.07) is 0. The predicted molar refractivity (Wildman–Crippen MR) is 17.5 cm³/mol. The lowest BCUT2D eigenvalue weighted by Crippen LogP contribution is -2.52. The molecule has 5 heavy (non-hydrogen) atoms. The maximum atomic E-state index is 4.67. The zero-order valence-corrected chi connectivity index (χ0v) is 2.68. The van der Waals surface area contributed by atoms with Crippen molar-refractivity contribution < 1.29 is 0 Å². The van der Waals surface area contributed by atoms with Crippen LogP contribution in [0.4, 0.5) is 0 Å². The van der Waals surface area contributed by atoms with Gasteiger partial charge in [-0.05, 0) is 0 Å². The third-order valence-electron chi connectivity index (χ3n) is 0.149. The number of hydrazine groups is 4. The van der Waals surface area contributed by atoms with Gasteiger partial charge in [-0.3, -0.25) is 5.84 Å². The predicted octanol–water partition coefficient (Wildman–Crippen LogP) is -2.59. The molecular weight excluding hydrogens is 70.0 g/mol. The van der Waals surface area contributed by atoms with Crippen molar-refractivity contribution in [1.29, 1.82) is 0 Å². The SMILES string of the molecule is NNN(N)N. The van der Waals surface area contributed by atoms with E-state index in [0.717, 1.165) is 0 Å². The summed E-state index contributed by atoms with van der Waals surface area (Å²) in [5.74, 6) is 13.9. The van der Waals surface area contributed by atoms with Crippen LogP contribution in [0, 0.1) is 0 Å². The van der Waals surface area contributed by atoms with Crippen LogP contribution in [0.25, 0.3) is 0 Å². The molecule has 0 heterocycles. The minimum absolute atomic E-state index is 0.653. The van der Waals surface area contributed by atoms with Crippen LogP contribution in [0.5, 0.6) is 0 Å². The summed E-state index contributed by atoms with van der Waals surface area (Å²) in [6.45, 7) is 0. The van der Waals surface area contributed by atoms with Crippen LogP contribution >= 0.6 is 0 Å². The Balaban J connectivity index is 2.54. The Hall–Kier alpha value is -0.200. The van der Waals surface area contributed by atoms with Gasteiger partial charge in [0.25, 0.3) is 0 Å². The van der Waals surface area contributed by atoms with Gasteiger partial charge in [-0.1, -0.05) is 0 Å². The highest BCUT2D eigenvalue weighted by molar-refractivity contribution is 3.92. The zero-order valence-electron chi connectivity index (χ0n) is 2.68. The van der Waals surface area contributed by atoms with Crippen molar-refractivity contribution in [3.05, 3.63) is 0 Å². The minimum atomic E-state index is 0.653. The maximum Gasteiger partial charge on any atom is -0.103 e. The molecular formula is H7N5. The average molecular weight is 77.1 g/mol. The molecule has 0 fully saturated rings. The molecule has 0 aliphatic heterocycles. The first-order chi connectivity index (χ1) is 2.27. The van der Waals surface area contributed by atoms with Crippen LogP contribution in [0.15, 0.2) is 0 Å². The van der Waals surface area contributed by atoms with Crippen molar-refractivity contribution in [3.63, 3.8) is 0 Å². The lowest BCUT2D eigenvalue weighted by Gasteiger charge is -2.01. The molecule has 0 radical (unpaired) electrons. The fourth-order valence-electron chi connectivity index (χ4n) is 0. The quantitative estimate of drug-likeness (QED) is 0.204. The smallest absolute Gasteiger partial charge is 0.103 e. The monoisotopic (exact) mass is 77.1 g/mol. The largest absolute Gasteiger partial charge is 0.255 e. The third kappa shape index (κ3) is 3.80. The van der Waals surface area contributed by atoms with E-state index in [1.54, 1.807) is 0 Å². The number of nitrogens with one attached hydrogen (secondary N) is 1. The van der Waals surface area contributed by atoms with Gasteiger partial charge in [0.2, 0.25) is 0 Å². The Labute approximate surface area is 29.6 Å². The molecule has 0 saturated heterocycles. The van der Waals surface area contributed by atoms with E-state index in [2.05, 4.69) is 17.5 Å². The molecule has 0 aliphatic carbocycles. The molecule has 0 bridgehead atoms. The second-order valence-corrected chi connectivity index (χ2v) is 0.536. The Morgan fingerprint density at radius 2 is 1.60 bits per heavy atom. The molecule has 0 atom stereocenters. The molecule has 32 valence electrons. The molecule has 5 nitrogen and oxygen atoms in total. The molecule has 0 aromatic heterocycles. The fourth-order valence-corrected chi connectivity index (χ4v) is 0. The zero-order chi connectivity index (χ0) is 4.28. The summed E-state index contributed by atoms with van der Waals surface area (Å²) < 4.78 is 0. The fraction of sp³-hybridized carbons (Fsp3) is 0. The van der Waals surface area contributed by atoms with Gasteiger partial charge in [0.05, 0.1) is 0 Å². The Morgan fingerprint density at radius 1 is 1.40 bits per heavy atom. The van der Waals surface area contributed by atoms with E-state index in [1.165, 1.54) is 0 Å². The summed E-state index contributed by atoms with van der Waals surface area (Å²) in [4.78, 5) is 0. The van der Waals surface area contributed by atoms with E-state index in [9.17, 15) is 0 Å². The summed E-state index contributed by atoms with van der Waals surface area (Å²) in [6.07, 6.45) is 0. The van der Waals surface area contributed by atoms with Crippen LogP contribution < -0.4 is 23.1 Å². The first-order valence-corrected chi connectivity index (χ1v) is 1.03. The molecule has 0 spiro atoms. The molecule has 0 aromatic carbocycles. The minimum Gasteiger partial charge on any atom is -0.255 e. The van der Waals surface area contributed by atoms with Crippen molar-refractivity contribution in [2.75, 3.05) is 0 Å². The number of nitrogens with two attached hydrogens (primary N) is 3. The van der Waals surface area contributed by atoms with Crippen LogP contribution in [-0.2, 0) is 0 Å². The van der Waals surface area contributed by atoms with Gasteiger partial charge < -0.3 is 0 Å². The third-order valence-corrected chi connectivity index (χ3v) is 0.149. The Bertz CT molecular complexity index is 14.0. The highest BCUT2D eigenvalue weighted by atomic mass is 15.9. The van der Waals surface area contributed by atoms with Gasteiger partial charge >= 0.3 is 0 Å². The van der Waals surface area contributed by atoms with Gasteiger partial charge in [-0.15, -0.1) is 5.23 Å². The molecule has 0 aromatic rings. The molecule has 0 aliphatic rings. The topological polar surface area (TPSA) is 93.3 Å². The van der Waals surface area contributed by atoms with Crippen molar-refractivity contribution >= 4 is 0 Å². The van der Waals surface area contributed by atoms with Crippen LogP contribution in [0.1, 0.15) is 0 Å². The second-order valence-electron chi connectivity index (χ2n) is 0.536. The summed E-state index contributed by atoms with van der Waals surface area (Å²) in [5, 5.41) is 0.653. The van der Waals surface area contributed by atoms with Crippen LogP contribution in [0.3, 0.4) is 0 Å². The maximum absolute atomic E-state index is 4.67. The van der Waals surface area contributed by atoms with E-state index in [4.69, 9.17) is 0 Å². The standard InChI is InChI=1S/H7N5/c1-4-5(2)3/h4H,1-3H2. The number of nitrogens with zero attached hydrogens (tertiary/aromatic N) is 1. The van der Waals surface area contributed by atoms with Gasteiger partial charge in [-0.25, -0.2) is 11.7 Å². The second kappa shape index (κ2) is 2.06. The Morgan fingerprint density at radius 3 is 1.60 bits per heavy atom. The number of hydrogen-bond acceptors (Lipinski definition) is 5. The van der Waals surface area contributed by atoms with Gasteiger partial charge in [0, 0.05) is 0 Å². The van der Waals surface area contributed by atoms with Crippen molar-refractivity contribution in [1.82, 2.24) is 10.8 Å². The first-order valence-electron chi connectivity index (χ1n) is 1.03. The normalized spacial score (nSPS) is 9.60. The lowest BCUT2D eigenvalue weighted by molar-refractivity contribution is 0.199.